The second-order valence-electron chi connectivity index (χ2n) is 6.15. The summed E-state index contributed by atoms with van der Waals surface area (Å²) in [6, 6.07) is 12.7. The smallest absolute Gasteiger partial charge is 0.324 e. The van der Waals surface area contributed by atoms with Crippen molar-refractivity contribution in [2.75, 3.05) is 11.9 Å². The number of nitrogens with zero attached hydrogens (tertiary/aromatic N) is 1. The lowest BCUT2D eigenvalue weighted by atomic mass is 9.87. The van der Waals surface area contributed by atoms with Crippen LogP contribution in [0.3, 0.4) is 0 Å². The molecule has 0 spiro atoms. The van der Waals surface area contributed by atoms with Crippen LogP contribution >= 0.6 is 23.2 Å². The highest BCUT2D eigenvalue weighted by molar-refractivity contribution is 6.31. The summed E-state index contributed by atoms with van der Waals surface area (Å²) < 4.78 is 0. The third-order valence-electron chi connectivity index (χ3n) is 4.45. The first kappa shape index (κ1) is 19.2. The van der Waals surface area contributed by atoms with Crippen LogP contribution in [-0.4, -0.2) is 29.3 Å². The zero-order valence-corrected chi connectivity index (χ0v) is 16.0. The Morgan fingerprint density at radius 1 is 1.11 bits per heavy atom. The third-order valence-corrected chi connectivity index (χ3v) is 4.94. The van der Waals surface area contributed by atoms with Gasteiger partial charge in [0, 0.05) is 15.7 Å². The van der Waals surface area contributed by atoms with E-state index >= 15 is 0 Å². The molecule has 1 unspecified atom stereocenters. The van der Waals surface area contributed by atoms with E-state index in [1.165, 1.54) is 0 Å². The van der Waals surface area contributed by atoms with Crippen LogP contribution in [0, 0.1) is 0 Å². The molecule has 27 heavy (non-hydrogen) atoms. The molecule has 4 amide bonds. The lowest BCUT2D eigenvalue weighted by Crippen LogP contribution is -2.44. The molecule has 140 valence electrons. The average molecular weight is 406 g/mol. The van der Waals surface area contributed by atoms with E-state index in [-0.39, 0.29) is 0 Å². The van der Waals surface area contributed by atoms with Crippen molar-refractivity contribution < 1.29 is 14.4 Å². The highest BCUT2D eigenvalue weighted by Crippen LogP contribution is 2.33. The molecule has 1 saturated heterocycles. The van der Waals surface area contributed by atoms with Crippen LogP contribution < -0.4 is 10.6 Å². The lowest BCUT2D eigenvalue weighted by Gasteiger charge is -2.25. The number of anilines is 1. The minimum absolute atomic E-state index is 0.339. The molecule has 2 aromatic rings. The summed E-state index contributed by atoms with van der Waals surface area (Å²) in [5, 5.41) is 6.35. The summed E-state index contributed by atoms with van der Waals surface area (Å²) in [7, 11) is 0. The van der Waals surface area contributed by atoms with Gasteiger partial charge in [-0.15, -0.1) is 0 Å². The number of hydrogen-bond acceptors (Lipinski definition) is 3. The second-order valence-corrected chi connectivity index (χ2v) is 7.02. The Bertz CT molecular complexity index is 901. The summed E-state index contributed by atoms with van der Waals surface area (Å²) in [4.78, 5) is 38.6. The minimum Gasteiger partial charge on any atom is -0.324 e. The van der Waals surface area contributed by atoms with E-state index in [1.807, 2.05) is 0 Å². The molecule has 1 atom stereocenters. The molecule has 6 nitrogen and oxygen atoms in total. The molecule has 8 heteroatoms. The summed E-state index contributed by atoms with van der Waals surface area (Å²) in [6.07, 6.45) is 0.339. The Morgan fingerprint density at radius 3 is 2.44 bits per heavy atom. The maximum atomic E-state index is 13.0. The Morgan fingerprint density at radius 2 is 1.81 bits per heavy atom. The number of benzene rings is 2. The number of halogens is 2. The van der Waals surface area contributed by atoms with E-state index in [0.29, 0.717) is 27.7 Å². The fraction of sp³-hybridized carbons (Fsp3) is 0.211. The van der Waals surface area contributed by atoms with Crippen molar-refractivity contribution in [1.82, 2.24) is 10.2 Å². The lowest BCUT2D eigenvalue weighted by molar-refractivity contribution is -0.134. The number of nitrogens with one attached hydrogen (secondary N) is 2. The van der Waals surface area contributed by atoms with Gasteiger partial charge in [0.1, 0.15) is 12.1 Å². The van der Waals surface area contributed by atoms with Crippen LogP contribution in [0.5, 0.6) is 0 Å². The van der Waals surface area contributed by atoms with Crippen LogP contribution in [0.1, 0.15) is 18.9 Å². The molecule has 0 radical (unpaired) electrons. The predicted octanol–water partition coefficient (Wildman–Crippen LogP) is 3.79. The van der Waals surface area contributed by atoms with Gasteiger partial charge in [0.25, 0.3) is 5.91 Å². The van der Waals surface area contributed by atoms with E-state index in [0.717, 1.165) is 4.90 Å². The molecule has 1 aliphatic rings. The van der Waals surface area contributed by atoms with E-state index in [4.69, 9.17) is 23.2 Å². The monoisotopic (exact) mass is 405 g/mol. The number of hydrogen-bond donors (Lipinski definition) is 2. The molecule has 0 aromatic heterocycles. The molecule has 1 fully saturated rings. The molecule has 0 saturated carbocycles. The zero-order chi connectivity index (χ0) is 19.6. The van der Waals surface area contributed by atoms with Crippen LogP contribution in [-0.2, 0) is 15.1 Å². The number of imide groups is 1. The standard InChI is InChI=1S/C19H17Cl2N3O3/c1-2-19(12-6-8-13(20)9-7-12)17(26)24(18(27)23-19)11-16(25)22-15-5-3-4-14(21)10-15/h3-10H,2,11H2,1H3,(H,22,25)(H,23,27). The average Bonchev–Trinajstić information content (AvgIpc) is 2.87. The normalized spacial score (nSPS) is 19.1. The minimum atomic E-state index is -1.21. The van der Waals surface area contributed by atoms with Crippen molar-refractivity contribution >= 4 is 46.7 Å². The van der Waals surface area contributed by atoms with E-state index in [1.54, 1.807) is 55.5 Å². The van der Waals surface area contributed by atoms with Crippen molar-refractivity contribution in [3.8, 4) is 0 Å². The van der Waals surface area contributed by atoms with Crippen LogP contribution in [0.2, 0.25) is 10.0 Å². The fourth-order valence-electron chi connectivity index (χ4n) is 3.05. The van der Waals surface area contributed by atoms with Gasteiger partial charge in [-0.25, -0.2) is 4.79 Å². The maximum Gasteiger partial charge on any atom is 0.325 e. The van der Waals surface area contributed by atoms with Gasteiger partial charge >= 0.3 is 6.03 Å². The van der Waals surface area contributed by atoms with Gasteiger partial charge in [-0.2, -0.15) is 0 Å². The van der Waals surface area contributed by atoms with Crippen molar-refractivity contribution in [3.63, 3.8) is 0 Å². The molecule has 0 bridgehead atoms. The van der Waals surface area contributed by atoms with Gasteiger partial charge in [-0.1, -0.05) is 48.3 Å². The summed E-state index contributed by atoms with van der Waals surface area (Å²) in [6.45, 7) is 1.40. The first-order valence-corrected chi connectivity index (χ1v) is 9.07. The van der Waals surface area contributed by atoms with Gasteiger partial charge in [0.05, 0.1) is 0 Å². The SMILES string of the molecule is CCC1(c2ccc(Cl)cc2)NC(=O)N(CC(=O)Nc2cccc(Cl)c2)C1=O. The number of amides is 4. The number of carbonyl (C=O) groups excluding carboxylic acids is 3. The predicted molar refractivity (Wildman–Crippen MR) is 104 cm³/mol. The Labute approximate surface area is 166 Å². The summed E-state index contributed by atoms with van der Waals surface area (Å²) in [5.74, 6) is -0.970. The van der Waals surface area contributed by atoms with Gasteiger partial charge in [-0.3, -0.25) is 14.5 Å². The fourth-order valence-corrected chi connectivity index (χ4v) is 3.37. The van der Waals surface area contributed by atoms with E-state index in [9.17, 15) is 14.4 Å². The first-order valence-electron chi connectivity index (χ1n) is 8.31. The van der Waals surface area contributed by atoms with Gasteiger partial charge < -0.3 is 10.6 Å². The number of rotatable bonds is 5. The molecule has 0 aliphatic carbocycles. The highest BCUT2D eigenvalue weighted by Gasteiger charge is 2.51. The zero-order valence-electron chi connectivity index (χ0n) is 14.5. The summed E-state index contributed by atoms with van der Waals surface area (Å²) in [5.41, 5.74) is -0.109. The molecular formula is C19H17Cl2N3O3. The Balaban J connectivity index is 1.78. The van der Waals surface area contributed by atoms with Crippen LogP contribution in [0.15, 0.2) is 48.5 Å². The third kappa shape index (κ3) is 3.77. The number of urea groups is 1. The molecule has 1 heterocycles. The van der Waals surface area contributed by atoms with Crippen molar-refractivity contribution in [1.29, 1.82) is 0 Å². The van der Waals surface area contributed by atoms with Crippen LogP contribution in [0.25, 0.3) is 0 Å². The Hall–Kier alpha value is -2.57. The Kier molecular flexibility index (Phi) is 5.39. The molecule has 2 aromatic carbocycles. The largest absolute Gasteiger partial charge is 0.325 e. The highest BCUT2D eigenvalue weighted by atomic mass is 35.5. The molecule has 3 rings (SSSR count). The molecular weight excluding hydrogens is 389 g/mol. The van der Waals surface area contributed by atoms with E-state index in [2.05, 4.69) is 10.6 Å². The van der Waals surface area contributed by atoms with Crippen LogP contribution in [0.4, 0.5) is 10.5 Å². The maximum absolute atomic E-state index is 13.0. The summed E-state index contributed by atoms with van der Waals surface area (Å²) >= 11 is 11.8. The number of carbonyl (C=O) groups is 3. The second kappa shape index (κ2) is 7.58. The molecule has 2 N–H and O–H groups in total. The van der Waals surface area contributed by atoms with Crippen molar-refractivity contribution in [3.05, 3.63) is 64.1 Å². The first-order chi connectivity index (χ1) is 12.9. The van der Waals surface area contributed by atoms with Gasteiger partial charge in [0.15, 0.2) is 0 Å². The molecule has 1 aliphatic heterocycles. The van der Waals surface area contributed by atoms with Gasteiger partial charge in [0.2, 0.25) is 5.91 Å². The quantitative estimate of drug-likeness (QED) is 0.742. The van der Waals surface area contributed by atoms with E-state index < -0.39 is 29.9 Å². The van der Waals surface area contributed by atoms with Crippen molar-refractivity contribution in [2.24, 2.45) is 0 Å². The van der Waals surface area contributed by atoms with Gasteiger partial charge in [-0.05, 0) is 42.3 Å². The van der Waals surface area contributed by atoms with Crippen molar-refractivity contribution in [2.45, 2.75) is 18.9 Å². The topological polar surface area (TPSA) is 78.5 Å².